The van der Waals surface area contributed by atoms with Crippen LogP contribution in [0.3, 0.4) is 0 Å². The number of benzene rings is 1. The third kappa shape index (κ3) is 3.62. The normalized spacial score (nSPS) is 22.2. The quantitative estimate of drug-likeness (QED) is 0.756. The van der Waals surface area contributed by atoms with Gasteiger partial charge in [0.1, 0.15) is 0 Å². The minimum atomic E-state index is -0.342. The molecule has 1 aromatic carbocycles. The van der Waals surface area contributed by atoms with Crippen LogP contribution in [-0.2, 0) is 0 Å². The molecule has 0 radical (unpaired) electrons. The van der Waals surface area contributed by atoms with Crippen LogP contribution in [0.5, 0.6) is 0 Å². The van der Waals surface area contributed by atoms with Crippen LogP contribution in [0.2, 0.25) is 5.02 Å². The fourth-order valence-electron chi connectivity index (χ4n) is 3.78. The number of rotatable bonds is 2. The highest BCUT2D eigenvalue weighted by molar-refractivity contribution is 6.31. The van der Waals surface area contributed by atoms with Crippen molar-refractivity contribution in [1.29, 1.82) is 0 Å². The summed E-state index contributed by atoms with van der Waals surface area (Å²) in [7, 11) is 0. The molecular weight excluding hydrogens is 261 g/mol. The Hall–Kier alpha value is -0.760. The summed E-state index contributed by atoms with van der Waals surface area (Å²) in [6, 6.07) is 5.42. The van der Waals surface area contributed by atoms with Gasteiger partial charge in [-0.05, 0) is 42.2 Å². The molecular formula is C16H23ClFN. The fourth-order valence-corrected chi connectivity index (χ4v) is 3.96. The van der Waals surface area contributed by atoms with Crippen molar-refractivity contribution >= 4 is 17.3 Å². The topological polar surface area (TPSA) is 12.0 Å². The van der Waals surface area contributed by atoms with Gasteiger partial charge >= 0.3 is 0 Å². The standard InChI is InChI=1S/C16H23ClFN/c1-15(2)8-11(9-16(3,4)10-15)19-13-7-5-6-12(17)14(13)18/h5-7,11,19H,8-10H2,1-4H3. The van der Waals surface area contributed by atoms with E-state index in [4.69, 9.17) is 11.6 Å². The van der Waals surface area contributed by atoms with Crippen LogP contribution in [0.25, 0.3) is 0 Å². The number of anilines is 1. The molecule has 1 saturated carbocycles. The van der Waals surface area contributed by atoms with Gasteiger partial charge in [0.25, 0.3) is 0 Å². The van der Waals surface area contributed by atoms with Gasteiger partial charge in [-0.3, -0.25) is 0 Å². The molecule has 1 aliphatic carbocycles. The molecule has 1 nitrogen and oxygen atoms in total. The predicted molar refractivity (Wildman–Crippen MR) is 80.2 cm³/mol. The van der Waals surface area contributed by atoms with Crippen LogP contribution in [0.15, 0.2) is 18.2 Å². The Morgan fingerprint density at radius 1 is 1.16 bits per heavy atom. The Balaban J connectivity index is 2.16. The van der Waals surface area contributed by atoms with Gasteiger partial charge in [-0.1, -0.05) is 45.4 Å². The average Bonchev–Trinajstić information content (AvgIpc) is 2.20. The van der Waals surface area contributed by atoms with Crippen LogP contribution in [0, 0.1) is 16.6 Å². The van der Waals surface area contributed by atoms with E-state index in [-0.39, 0.29) is 21.7 Å². The van der Waals surface area contributed by atoms with Gasteiger partial charge in [-0.25, -0.2) is 4.39 Å². The van der Waals surface area contributed by atoms with Gasteiger partial charge in [0.05, 0.1) is 10.7 Å². The molecule has 19 heavy (non-hydrogen) atoms. The molecule has 1 aromatic rings. The summed E-state index contributed by atoms with van der Waals surface area (Å²) in [6.07, 6.45) is 3.32. The molecule has 0 saturated heterocycles. The van der Waals surface area contributed by atoms with Crippen molar-refractivity contribution < 1.29 is 4.39 Å². The zero-order valence-corrected chi connectivity index (χ0v) is 12.9. The Kier molecular flexibility index (Phi) is 3.83. The molecule has 0 atom stereocenters. The van der Waals surface area contributed by atoms with Crippen LogP contribution in [0.4, 0.5) is 10.1 Å². The van der Waals surface area contributed by atoms with Gasteiger partial charge in [0.2, 0.25) is 0 Å². The monoisotopic (exact) mass is 283 g/mol. The fraction of sp³-hybridized carbons (Fsp3) is 0.625. The molecule has 0 aliphatic heterocycles. The Labute approximate surface area is 120 Å². The van der Waals surface area contributed by atoms with Gasteiger partial charge in [-0.15, -0.1) is 0 Å². The molecule has 0 amide bonds. The molecule has 0 unspecified atom stereocenters. The van der Waals surface area contributed by atoms with Crippen LogP contribution in [0.1, 0.15) is 47.0 Å². The first kappa shape index (κ1) is 14.6. The highest BCUT2D eigenvalue weighted by atomic mass is 35.5. The second-order valence-electron chi connectivity index (χ2n) is 7.36. The molecule has 106 valence electrons. The lowest BCUT2D eigenvalue weighted by atomic mass is 9.63. The summed E-state index contributed by atoms with van der Waals surface area (Å²) in [4.78, 5) is 0. The molecule has 0 aromatic heterocycles. The molecule has 0 bridgehead atoms. The summed E-state index contributed by atoms with van der Waals surface area (Å²) in [5.74, 6) is -0.342. The largest absolute Gasteiger partial charge is 0.380 e. The second kappa shape index (κ2) is 4.97. The highest BCUT2D eigenvalue weighted by Crippen LogP contribution is 2.46. The van der Waals surface area contributed by atoms with E-state index in [1.807, 2.05) is 0 Å². The van der Waals surface area contributed by atoms with Gasteiger partial charge in [-0.2, -0.15) is 0 Å². The minimum Gasteiger partial charge on any atom is -0.380 e. The smallest absolute Gasteiger partial charge is 0.164 e. The van der Waals surface area contributed by atoms with Crippen molar-refractivity contribution in [3.63, 3.8) is 0 Å². The number of hydrogen-bond acceptors (Lipinski definition) is 1. The third-order valence-electron chi connectivity index (χ3n) is 3.87. The van der Waals surface area contributed by atoms with Crippen molar-refractivity contribution in [3.8, 4) is 0 Å². The van der Waals surface area contributed by atoms with Gasteiger partial charge in [0.15, 0.2) is 5.82 Å². The van der Waals surface area contributed by atoms with Crippen LogP contribution < -0.4 is 5.32 Å². The van der Waals surface area contributed by atoms with E-state index < -0.39 is 0 Å². The lowest BCUT2D eigenvalue weighted by Gasteiger charge is -2.45. The van der Waals surface area contributed by atoms with Crippen molar-refractivity contribution in [3.05, 3.63) is 29.0 Å². The molecule has 3 heteroatoms. The maximum atomic E-state index is 13.9. The first-order chi connectivity index (χ1) is 8.69. The van der Waals surface area contributed by atoms with E-state index in [2.05, 4.69) is 33.0 Å². The van der Waals surface area contributed by atoms with E-state index in [0.717, 1.165) is 12.8 Å². The zero-order chi connectivity index (χ0) is 14.3. The molecule has 1 N–H and O–H groups in total. The first-order valence-corrected chi connectivity index (χ1v) is 7.27. The van der Waals surface area contributed by atoms with E-state index in [0.29, 0.717) is 11.7 Å². The molecule has 0 heterocycles. The van der Waals surface area contributed by atoms with Crippen molar-refractivity contribution in [2.75, 3.05) is 5.32 Å². The predicted octanol–water partition coefficient (Wildman–Crippen LogP) is 5.50. The van der Waals surface area contributed by atoms with E-state index in [9.17, 15) is 4.39 Å². The minimum absolute atomic E-state index is 0.180. The third-order valence-corrected chi connectivity index (χ3v) is 4.16. The maximum absolute atomic E-state index is 13.9. The van der Waals surface area contributed by atoms with Gasteiger partial charge < -0.3 is 5.32 Å². The highest BCUT2D eigenvalue weighted by Gasteiger charge is 2.38. The molecule has 1 fully saturated rings. The maximum Gasteiger partial charge on any atom is 0.164 e. The average molecular weight is 284 g/mol. The summed E-state index contributed by atoms with van der Waals surface area (Å²) in [6.45, 7) is 9.15. The van der Waals surface area contributed by atoms with E-state index >= 15 is 0 Å². The van der Waals surface area contributed by atoms with Crippen LogP contribution in [-0.4, -0.2) is 6.04 Å². The Bertz CT molecular complexity index is 452. The van der Waals surface area contributed by atoms with Crippen molar-refractivity contribution in [2.45, 2.75) is 53.0 Å². The first-order valence-electron chi connectivity index (χ1n) is 6.89. The Morgan fingerprint density at radius 3 is 2.32 bits per heavy atom. The summed E-state index contributed by atoms with van der Waals surface area (Å²) < 4.78 is 13.9. The van der Waals surface area contributed by atoms with Gasteiger partial charge in [0, 0.05) is 6.04 Å². The SMILES string of the molecule is CC1(C)CC(Nc2cccc(Cl)c2F)CC(C)(C)C1. The van der Waals surface area contributed by atoms with Crippen molar-refractivity contribution in [2.24, 2.45) is 10.8 Å². The van der Waals surface area contributed by atoms with Crippen molar-refractivity contribution in [1.82, 2.24) is 0 Å². The molecule has 1 aliphatic rings. The van der Waals surface area contributed by atoms with E-state index in [1.165, 1.54) is 6.42 Å². The van der Waals surface area contributed by atoms with E-state index in [1.54, 1.807) is 18.2 Å². The number of halogens is 2. The Morgan fingerprint density at radius 2 is 1.74 bits per heavy atom. The summed E-state index contributed by atoms with van der Waals surface area (Å²) in [5, 5.41) is 3.52. The summed E-state index contributed by atoms with van der Waals surface area (Å²) in [5.41, 5.74) is 1.09. The second-order valence-corrected chi connectivity index (χ2v) is 7.76. The van der Waals surface area contributed by atoms with Crippen LogP contribution >= 0.6 is 11.6 Å². The lowest BCUT2D eigenvalue weighted by Crippen LogP contribution is -2.40. The molecule has 0 spiro atoms. The molecule has 2 rings (SSSR count). The lowest BCUT2D eigenvalue weighted by molar-refractivity contribution is 0.105. The summed E-state index contributed by atoms with van der Waals surface area (Å²) >= 11 is 5.83. The number of hydrogen-bond donors (Lipinski definition) is 1. The zero-order valence-electron chi connectivity index (χ0n) is 12.2. The number of nitrogens with one attached hydrogen (secondary N) is 1.